The van der Waals surface area contributed by atoms with E-state index in [4.69, 9.17) is 4.74 Å². The average Bonchev–Trinajstić information content (AvgIpc) is 2.52. The first-order valence-corrected chi connectivity index (χ1v) is 7.77. The molecule has 0 amide bonds. The van der Waals surface area contributed by atoms with Crippen molar-refractivity contribution in [1.82, 2.24) is 0 Å². The number of ether oxygens (including phenoxy) is 1. The Bertz CT molecular complexity index is 621. The van der Waals surface area contributed by atoms with Crippen LogP contribution in [0.25, 0.3) is 0 Å². The second kappa shape index (κ2) is 7.86. The van der Waals surface area contributed by atoms with E-state index in [-0.39, 0.29) is 6.61 Å². The van der Waals surface area contributed by atoms with Crippen molar-refractivity contribution in [2.45, 2.75) is 18.4 Å². The number of hydrogen-bond acceptors (Lipinski definition) is 2. The molecule has 0 radical (unpaired) electrons. The van der Waals surface area contributed by atoms with Crippen molar-refractivity contribution in [3.63, 3.8) is 0 Å². The maximum absolute atomic E-state index is 13.8. The lowest BCUT2D eigenvalue weighted by atomic mass is 10.2. The van der Waals surface area contributed by atoms with E-state index in [0.717, 1.165) is 11.1 Å². The van der Waals surface area contributed by atoms with Gasteiger partial charge in [0.25, 0.3) is 0 Å². The molecule has 0 heterocycles. The van der Waals surface area contributed by atoms with Crippen LogP contribution in [-0.4, -0.2) is 10.8 Å². The standard InChI is InChI=1S/C17H17FO2S/c1-14-7-9-16(10-8-14)21(19)17(18)11-12-20-13-15-5-3-2-4-6-15/h2-11H,12-13H2,1H3/b17-11+. The highest BCUT2D eigenvalue weighted by Crippen LogP contribution is 2.16. The van der Waals surface area contributed by atoms with Gasteiger partial charge < -0.3 is 4.74 Å². The minimum Gasteiger partial charge on any atom is -0.373 e. The molecule has 21 heavy (non-hydrogen) atoms. The van der Waals surface area contributed by atoms with Gasteiger partial charge in [0.1, 0.15) is 10.8 Å². The van der Waals surface area contributed by atoms with Crippen molar-refractivity contribution < 1.29 is 13.3 Å². The molecule has 0 N–H and O–H groups in total. The molecule has 0 aliphatic heterocycles. The fourth-order valence-electron chi connectivity index (χ4n) is 1.73. The molecule has 110 valence electrons. The Balaban J connectivity index is 1.86. The van der Waals surface area contributed by atoms with Gasteiger partial charge in [-0.3, -0.25) is 0 Å². The normalized spacial score (nSPS) is 13.1. The van der Waals surface area contributed by atoms with Crippen LogP contribution in [0.3, 0.4) is 0 Å². The lowest BCUT2D eigenvalue weighted by Crippen LogP contribution is -1.96. The van der Waals surface area contributed by atoms with Crippen molar-refractivity contribution >= 4 is 10.8 Å². The van der Waals surface area contributed by atoms with Gasteiger partial charge in [0.15, 0.2) is 5.16 Å². The third kappa shape index (κ3) is 4.92. The zero-order valence-electron chi connectivity index (χ0n) is 11.8. The monoisotopic (exact) mass is 304 g/mol. The first kappa shape index (κ1) is 15.6. The minimum atomic E-state index is -1.77. The van der Waals surface area contributed by atoms with Crippen LogP contribution in [0, 0.1) is 6.92 Å². The molecule has 2 rings (SSSR count). The van der Waals surface area contributed by atoms with Crippen molar-refractivity contribution in [2.24, 2.45) is 0 Å². The number of hydrogen-bond donors (Lipinski definition) is 0. The second-order valence-corrected chi connectivity index (χ2v) is 5.99. The summed E-state index contributed by atoms with van der Waals surface area (Å²) in [5.41, 5.74) is 2.07. The van der Waals surface area contributed by atoms with E-state index in [1.807, 2.05) is 49.4 Å². The summed E-state index contributed by atoms with van der Waals surface area (Å²) in [4.78, 5) is 0.456. The Hall–Kier alpha value is -1.78. The molecule has 2 aromatic rings. The zero-order valence-corrected chi connectivity index (χ0v) is 12.6. The Morgan fingerprint density at radius 3 is 2.48 bits per heavy atom. The van der Waals surface area contributed by atoms with Gasteiger partial charge in [0, 0.05) is 4.90 Å². The van der Waals surface area contributed by atoms with Gasteiger partial charge in [-0.15, -0.1) is 0 Å². The van der Waals surface area contributed by atoms with Crippen molar-refractivity contribution in [2.75, 3.05) is 6.61 Å². The van der Waals surface area contributed by atoms with Gasteiger partial charge in [0.2, 0.25) is 0 Å². The van der Waals surface area contributed by atoms with Crippen molar-refractivity contribution in [3.05, 3.63) is 77.0 Å². The Labute approximate surface area is 126 Å². The highest BCUT2D eigenvalue weighted by atomic mass is 32.2. The summed E-state index contributed by atoms with van der Waals surface area (Å²) in [5.74, 6) is 0. The summed E-state index contributed by atoms with van der Waals surface area (Å²) in [6.45, 7) is 2.43. The summed E-state index contributed by atoms with van der Waals surface area (Å²) in [5, 5.41) is -0.674. The molecule has 0 saturated carbocycles. The lowest BCUT2D eigenvalue weighted by Gasteiger charge is -2.02. The van der Waals surface area contributed by atoms with Crippen LogP contribution in [0.4, 0.5) is 4.39 Å². The molecule has 0 aromatic heterocycles. The Kier molecular flexibility index (Phi) is 5.84. The van der Waals surface area contributed by atoms with Crippen LogP contribution in [0.1, 0.15) is 11.1 Å². The van der Waals surface area contributed by atoms with E-state index in [1.54, 1.807) is 12.1 Å². The van der Waals surface area contributed by atoms with Gasteiger partial charge in [-0.25, -0.2) is 4.21 Å². The Morgan fingerprint density at radius 1 is 1.14 bits per heavy atom. The third-order valence-corrected chi connectivity index (χ3v) is 4.11. The van der Waals surface area contributed by atoms with Crippen molar-refractivity contribution in [3.8, 4) is 0 Å². The summed E-state index contributed by atoms with van der Waals surface area (Å²) in [6, 6.07) is 16.6. The van der Waals surface area contributed by atoms with Gasteiger partial charge >= 0.3 is 0 Å². The molecule has 0 bridgehead atoms. The second-order valence-electron chi connectivity index (χ2n) is 4.59. The van der Waals surface area contributed by atoms with E-state index < -0.39 is 16.0 Å². The first-order chi connectivity index (χ1) is 10.2. The van der Waals surface area contributed by atoms with Gasteiger partial charge in [-0.2, -0.15) is 4.39 Å². The molecule has 0 spiro atoms. The summed E-state index contributed by atoms with van der Waals surface area (Å²) in [7, 11) is -1.77. The molecular formula is C17H17FO2S. The maximum Gasteiger partial charge on any atom is 0.190 e. The molecule has 2 aromatic carbocycles. The summed E-state index contributed by atoms with van der Waals surface area (Å²) < 4.78 is 31.1. The molecule has 1 unspecified atom stereocenters. The van der Waals surface area contributed by atoms with E-state index >= 15 is 0 Å². The van der Waals surface area contributed by atoms with Crippen LogP contribution in [0.2, 0.25) is 0 Å². The number of aryl methyl sites for hydroxylation is 1. The average molecular weight is 304 g/mol. The molecule has 0 saturated heterocycles. The molecule has 0 aliphatic carbocycles. The molecule has 1 atom stereocenters. The first-order valence-electron chi connectivity index (χ1n) is 6.62. The van der Waals surface area contributed by atoms with Crippen molar-refractivity contribution in [1.29, 1.82) is 0 Å². The molecule has 2 nitrogen and oxygen atoms in total. The van der Waals surface area contributed by atoms with E-state index in [0.29, 0.717) is 11.5 Å². The smallest absolute Gasteiger partial charge is 0.190 e. The van der Waals surface area contributed by atoms with E-state index in [2.05, 4.69) is 0 Å². The third-order valence-electron chi connectivity index (χ3n) is 2.89. The van der Waals surface area contributed by atoms with Gasteiger partial charge in [0.05, 0.1) is 13.2 Å². The predicted octanol–water partition coefficient (Wildman–Crippen LogP) is 4.13. The quantitative estimate of drug-likeness (QED) is 0.750. The van der Waals surface area contributed by atoms with Crippen LogP contribution in [0.5, 0.6) is 0 Å². The zero-order chi connectivity index (χ0) is 15.1. The highest BCUT2D eigenvalue weighted by Gasteiger charge is 2.09. The molecular weight excluding hydrogens is 287 g/mol. The SMILES string of the molecule is Cc1ccc(S(=O)/C(F)=C/COCc2ccccc2)cc1. The number of halogens is 1. The topological polar surface area (TPSA) is 26.3 Å². The number of benzene rings is 2. The van der Waals surface area contributed by atoms with E-state index in [1.165, 1.54) is 6.08 Å². The van der Waals surface area contributed by atoms with Gasteiger partial charge in [-0.05, 0) is 30.7 Å². The van der Waals surface area contributed by atoms with Crippen LogP contribution >= 0.6 is 0 Å². The highest BCUT2D eigenvalue weighted by molar-refractivity contribution is 7.88. The largest absolute Gasteiger partial charge is 0.373 e. The summed E-state index contributed by atoms with van der Waals surface area (Å²) in [6.07, 6.45) is 1.22. The summed E-state index contributed by atoms with van der Waals surface area (Å²) >= 11 is 0. The van der Waals surface area contributed by atoms with Gasteiger partial charge in [-0.1, -0.05) is 48.0 Å². The molecule has 4 heteroatoms. The van der Waals surface area contributed by atoms with Crippen LogP contribution in [-0.2, 0) is 22.1 Å². The predicted molar refractivity (Wildman–Crippen MR) is 82.9 cm³/mol. The lowest BCUT2D eigenvalue weighted by molar-refractivity contribution is 0.148. The maximum atomic E-state index is 13.8. The molecule has 0 fully saturated rings. The fraction of sp³-hybridized carbons (Fsp3) is 0.176. The molecule has 0 aliphatic rings. The van der Waals surface area contributed by atoms with E-state index in [9.17, 15) is 8.60 Å². The van der Waals surface area contributed by atoms with Crippen LogP contribution < -0.4 is 0 Å². The minimum absolute atomic E-state index is 0.0956. The number of rotatable bonds is 6. The fourth-order valence-corrected chi connectivity index (χ4v) is 2.55. The van der Waals surface area contributed by atoms with Crippen LogP contribution in [0.15, 0.2) is 70.7 Å². The Morgan fingerprint density at radius 2 is 1.81 bits per heavy atom.